The predicted octanol–water partition coefficient (Wildman–Crippen LogP) is 4.02. The van der Waals surface area contributed by atoms with Crippen LogP contribution in [0.1, 0.15) is 21.5 Å². The minimum atomic E-state index is 0.0723. The van der Waals surface area contributed by atoms with Gasteiger partial charge in [0.2, 0.25) is 0 Å². The molecule has 0 atom stereocenters. The Hall–Kier alpha value is -2.26. The fourth-order valence-electron chi connectivity index (χ4n) is 3.11. The van der Waals surface area contributed by atoms with Gasteiger partial charge in [0.25, 0.3) is 5.91 Å². The molecule has 0 spiro atoms. The first-order valence-corrected chi connectivity index (χ1v) is 7.73. The van der Waals surface area contributed by atoms with Crippen LogP contribution in [-0.2, 0) is 13.0 Å². The molecule has 2 heterocycles. The maximum atomic E-state index is 12.8. The van der Waals surface area contributed by atoms with E-state index in [9.17, 15) is 4.79 Å². The van der Waals surface area contributed by atoms with E-state index in [4.69, 9.17) is 11.6 Å². The van der Waals surface area contributed by atoms with Gasteiger partial charge in [0.05, 0.1) is 5.56 Å². The second kappa shape index (κ2) is 5.18. The van der Waals surface area contributed by atoms with Crippen molar-refractivity contribution in [3.63, 3.8) is 0 Å². The molecule has 1 aliphatic rings. The number of aromatic amines is 1. The maximum absolute atomic E-state index is 12.8. The lowest BCUT2D eigenvalue weighted by Gasteiger charge is -2.28. The summed E-state index contributed by atoms with van der Waals surface area (Å²) in [5.74, 6) is 0.0723. The fourth-order valence-corrected chi connectivity index (χ4v) is 3.29. The monoisotopic (exact) mass is 310 g/mol. The van der Waals surface area contributed by atoms with E-state index in [1.165, 1.54) is 11.1 Å². The highest BCUT2D eigenvalue weighted by Crippen LogP contribution is 2.25. The summed E-state index contributed by atoms with van der Waals surface area (Å²) in [4.78, 5) is 17.9. The van der Waals surface area contributed by atoms with Crippen molar-refractivity contribution < 1.29 is 4.79 Å². The molecule has 0 saturated heterocycles. The Morgan fingerprint density at radius 3 is 2.82 bits per heavy atom. The van der Waals surface area contributed by atoms with Gasteiger partial charge in [-0.3, -0.25) is 4.79 Å². The zero-order valence-electron chi connectivity index (χ0n) is 12.0. The largest absolute Gasteiger partial charge is 0.360 e. The molecule has 0 radical (unpaired) electrons. The number of benzene rings is 2. The predicted molar refractivity (Wildman–Crippen MR) is 88.2 cm³/mol. The van der Waals surface area contributed by atoms with Gasteiger partial charge in [0.1, 0.15) is 0 Å². The second-order valence-corrected chi connectivity index (χ2v) is 6.07. The van der Waals surface area contributed by atoms with E-state index in [1.54, 1.807) is 6.20 Å². The summed E-state index contributed by atoms with van der Waals surface area (Å²) in [6.07, 6.45) is 2.69. The Labute approximate surface area is 133 Å². The lowest BCUT2D eigenvalue weighted by Crippen LogP contribution is -2.35. The number of carbonyl (C=O) groups is 1. The van der Waals surface area contributed by atoms with Crippen LogP contribution in [0.15, 0.2) is 48.7 Å². The van der Waals surface area contributed by atoms with Crippen molar-refractivity contribution in [3.05, 3.63) is 70.4 Å². The quantitative estimate of drug-likeness (QED) is 0.724. The molecule has 4 heteroatoms. The van der Waals surface area contributed by atoms with Gasteiger partial charge in [-0.05, 0) is 29.7 Å². The number of halogens is 1. The number of nitrogens with one attached hydrogen (secondary N) is 1. The highest BCUT2D eigenvalue weighted by Gasteiger charge is 2.23. The zero-order valence-corrected chi connectivity index (χ0v) is 12.7. The lowest BCUT2D eigenvalue weighted by molar-refractivity contribution is 0.0737. The number of carbonyl (C=O) groups excluding carboxylic acids is 1. The first kappa shape index (κ1) is 13.4. The first-order chi connectivity index (χ1) is 10.7. The molecule has 1 aromatic heterocycles. The van der Waals surface area contributed by atoms with Gasteiger partial charge in [-0.2, -0.15) is 0 Å². The van der Waals surface area contributed by atoms with Gasteiger partial charge in [-0.15, -0.1) is 0 Å². The molecule has 0 unspecified atom stereocenters. The first-order valence-electron chi connectivity index (χ1n) is 7.35. The van der Waals surface area contributed by atoms with Crippen LogP contribution in [0, 0.1) is 0 Å². The van der Waals surface area contributed by atoms with Gasteiger partial charge >= 0.3 is 0 Å². The van der Waals surface area contributed by atoms with Gasteiger partial charge in [-0.25, -0.2) is 0 Å². The number of aromatic nitrogens is 1. The smallest absolute Gasteiger partial charge is 0.256 e. The van der Waals surface area contributed by atoms with Crippen molar-refractivity contribution in [1.82, 2.24) is 9.88 Å². The molecule has 2 aromatic carbocycles. The van der Waals surface area contributed by atoms with Crippen LogP contribution >= 0.6 is 11.6 Å². The molecule has 1 aliphatic heterocycles. The third kappa shape index (κ3) is 2.18. The highest BCUT2D eigenvalue weighted by molar-refractivity contribution is 6.31. The Bertz CT molecular complexity index is 868. The standard InChI is InChI=1S/C18H15ClN2O/c19-14-5-6-15-16(10-20-17(15)9-14)18(22)21-8-7-12-3-1-2-4-13(12)11-21/h1-6,9-10,20H,7-8,11H2. The summed E-state index contributed by atoms with van der Waals surface area (Å²) in [5.41, 5.74) is 4.20. The number of hydrogen-bond donors (Lipinski definition) is 1. The summed E-state index contributed by atoms with van der Waals surface area (Å²) in [6.45, 7) is 1.44. The van der Waals surface area contributed by atoms with Crippen LogP contribution in [0.4, 0.5) is 0 Å². The Balaban J connectivity index is 1.67. The molecule has 0 saturated carbocycles. The van der Waals surface area contributed by atoms with Crippen LogP contribution < -0.4 is 0 Å². The topological polar surface area (TPSA) is 36.1 Å². The van der Waals surface area contributed by atoms with Crippen LogP contribution in [-0.4, -0.2) is 22.3 Å². The van der Waals surface area contributed by atoms with Gasteiger partial charge in [0, 0.05) is 35.2 Å². The summed E-state index contributed by atoms with van der Waals surface area (Å²) in [6, 6.07) is 13.9. The molecule has 3 aromatic rings. The highest BCUT2D eigenvalue weighted by atomic mass is 35.5. The number of nitrogens with zero attached hydrogens (tertiary/aromatic N) is 1. The van der Waals surface area contributed by atoms with Crippen molar-refractivity contribution in [3.8, 4) is 0 Å². The minimum absolute atomic E-state index is 0.0723. The van der Waals surface area contributed by atoms with E-state index in [-0.39, 0.29) is 5.91 Å². The molecule has 110 valence electrons. The normalized spacial score (nSPS) is 14.1. The molecule has 0 bridgehead atoms. The molecule has 4 rings (SSSR count). The van der Waals surface area contributed by atoms with E-state index in [0.29, 0.717) is 17.1 Å². The SMILES string of the molecule is O=C(c1c[nH]c2cc(Cl)ccc12)N1CCc2ccccc2C1. The Kier molecular flexibility index (Phi) is 3.16. The second-order valence-electron chi connectivity index (χ2n) is 5.64. The van der Waals surface area contributed by atoms with E-state index >= 15 is 0 Å². The van der Waals surface area contributed by atoms with Crippen molar-refractivity contribution in [2.45, 2.75) is 13.0 Å². The maximum Gasteiger partial charge on any atom is 0.256 e. The Morgan fingerprint density at radius 1 is 1.14 bits per heavy atom. The molecular formula is C18H15ClN2O. The number of fused-ring (bicyclic) bond motifs is 2. The zero-order chi connectivity index (χ0) is 15.1. The molecule has 0 fully saturated rings. The Morgan fingerprint density at radius 2 is 1.95 bits per heavy atom. The number of hydrogen-bond acceptors (Lipinski definition) is 1. The average Bonchev–Trinajstić information content (AvgIpc) is 2.96. The number of H-pyrrole nitrogens is 1. The van der Waals surface area contributed by atoms with Crippen molar-refractivity contribution in [2.75, 3.05) is 6.54 Å². The molecule has 22 heavy (non-hydrogen) atoms. The van der Waals surface area contributed by atoms with Crippen LogP contribution in [0.2, 0.25) is 5.02 Å². The average molecular weight is 311 g/mol. The fraction of sp³-hybridized carbons (Fsp3) is 0.167. The van der Waals surface area contributed by atoms with Crippen LogP contribution in [0.25, 0.3) is 10.9 Å². The van der Waals surface area contributed by atoms with Gasteiger partial charge < -0.3 is 9.88 Å². The summed E-state index contributed by atoms with van der Waals surface area (Å²) >= 11 is 6.00. The minimum Gasteiger partial charge on any atom is -0.360 e. The van der Waals surface area contributed by atoms with Crippen LogP contribution in [0.5, 0.6) is 0 Å². The molecule has 0 aliphatic carbocycles. The van der Waals surface area contributed by atoms with Crippen LogP contribution in [0.3, 0.4) is 0 Å². The third-order valence-corrected chi connectivity index (χ3v) is 4.53. The van der Waals surface area contributed by atoms with E-state index in [0.717, 1.165) is 23.9 Å². The van der Waals surface area contributed by atoms with Crippen molar-refractivity contribution >= 4 is 28.4 Å². The van der Waals surface area contributed by atoms with Crippen molar-refractivity contribution in [1.29, 1.82) is 0 Å². The number of rotatable bonds is 1. The lowest BCUT2D eigenvalue weighted by atomic mass is 9.99. The third-order valence-electron chi connectivity index (χ3n) is 4.29. The van der Waals surface area contributed by atoms with Gasteiger partial charge in [-0.1, -0.05) is 41.9 Å². The summed E-state index contributed by atoms with van der Waals surface area (Å²) in [5, 5.41) is 1.59. The molecule has 1 amide bonds. The molecule has 3 nitrogen and oxygen atoms in total. The summed E-state index contributed by atoms with van der Waals surface area (Å²) < 4.78 is 0. The van der Waals surface area contributed by atoms with E-state index < -0.39 is 0 Å². The van der Waals surface area contributed by atoms with Gasteiger partial charge in [0.15, 0.2) is 0 Å². The number of amides is 1. The van der Waals surface area contributed by atoms with E-state index in [1.807, 2.05) is 29.2 Å². The van der Waals surface area contributed by atoms with E-state index in [2.05, 4.69) is 23.2 Å². The summed E-state index contributed by atoms with van der Waals surface area (Å²) in [7, 11) is 0. The van der Waals surface area contributed by atoms with Crippen molar-refractivity contribution in [2.24, 2.45) is 0 Å². The molecular weight excluding hydrogens is 296 g/mol. The molecule has 1 N–H and O–H groups in total.